The number of ether oxygens (including phenoxy) is 1. The fourth-order valence-corrected chi connectivity index (χ4v) is 5.58. The second-order valence-corrected chi connectivity index (χ2v) is 10.1. The molecule has 35 heavy (non-hydrogen) atoms. The molecule has 3 aromatic heterocycles. The van der Waals surface area contributed by atoms with E-state index in [1.54, 1.807) is 28.7 Å². The molecular weight excluding hydrogens is 476 g/mol. The molecule has 6 nitrogen and oxygen atoms in total. The summed E-state index contributed by atoms with van der Waals surface area (Å²) < 4.78 is 5.42. The Hall–Kier alpha value is -3.59. The Morgan fingerprint density at radius 2 is 1.49 bits per heavy atom. The van der Waals surface area contributed by atoms with Crippen LogP contribution in [0.5, 0.6) is 0 Å². The van der Waals surface area contributed by atoms with Crippen LogP contribution in [-0.2, 0) is 4.74 Å². The summed E-state index contributed by atoms with van der Waals surface area (Å²) in [5.74, 6) is -0.173. The van der Waals surface area contributed by atoms with Crippen LogP contribution in [0.3, 0.4) is 0 Å². The highest BCUT2D eigenvalue weighted by molar-refractivity contribution is 7.14. The molecule has 0 aliphatic carbocycles. The summed E-state index contributed by atoms with van der Waals surface area (Å²) in [6.07, 6.45) is 0. The lowest BCUT2D eigenvalue weighted by Crippen LogP contribution is -2.36. The molecule has 174 valence electrons. The van der Waals surface area contributed by atoms with Crippen LogP contribution in [0.2, 0.25) is 0 Å². The molecule has 0 bridgehead atoms. The highest BCUT2D eigenvalue weighted by Crippen LogP contribution is 2.35. The van der Waals surface area contributed by atoms with Gasteiger partial charge in [-0.05, 0) is 65.4 Å². The SMILES string of the molecule is O=C(Nc1ccc(N2CCOCC2)cc1)c1ccc2nc(-c3cccs3)c(-c3cccs3)nc2c1. The molecule has 0 unspecified atom stereocenters. The zero-order valence-corrected chi connectivity index (χ0v) is 20.4. The molecule has 0 radical (unpaired) electrons. The van der Waals surface area contributed by atoms with Crippen molar-refractivity contribution in [3.8, 4) is 21.1 Å². The summed E-state index contributed by atoms with van der Waals surface area (Å²) in [5.41, 5.74) is 5.60. The van der Waals surface area contributed by atoms with Gasteiger partial charge in [0.25, 0.3) is 5.91 Å². The number of hydrogen-bond acceptors (Lipinski definition) is 7. The second kappa shape index (κ2) is 9.58. The van der Waals surface area contributed by atoms with Gasteiger partial charge < -0.3 is 15.0 Å². The van der Waals surface area contributed by atoms with Gasteiger partial charge in [-0.3, -0.25) is 4.79 Å². The van der Waals surface area contributed by atoms with E-state index in [9.17, 15) is 4.79 Å². The number of rotatable bonds is 5. The van der Waals surface area contributed by atoms with E-state index in [0.717, 1.165) is 64.3 Å². The number of nitrogens with zero attached hydrogens (tertiary/aromatic N) is 3. The van der Waals surface area contributed by atoms with Gasteiger partial charge in [0.1, 0.15) is 11.4 Å². The fraction of sp³-hybridized carbons (Fsp3) is 0.148. The Morgan fingerprint density at radius 3 is 2.11 bits per heavy atom. The van der Waals surface area contributed by atoms with Crippen molar-refractivity contribution in [1.82, 2.24) is 9.97 Å². The van der Waals surface area contributed by atoms with Crippen LogP contribution in [0.25, 0.3) is 32.2 Å². The number of carbonyl (C=O) groups is 1. The second-order valence-electron chi connectivity index (χ2n) is 8.18. The number of fused-ring (bicyclic) bond motifs is 1. The Balaban J connectivity index is 1.28. The van der Waals surface area contributed by atoms with Gasteiger partial charge in [-0.1, -0.05) is 12.1 Å². The zero-order valence-electron chi connectivity index (χ0n) is 18.8. The third-order valence-corrected chi connectivity index (χ3v) is 7.69. The number of amides is 1. The molecule has 0 atom stereocenters. The Labute approximate surface area is 210 Å². The molecule has 0 saturated carbocycles. The Kier molecular flexibility index (Phi) is 5.99. The molecule has 1 aliphatic heterocycles. The summed E-state index contributed by atoms with van der Waals surface area (Å²) in [7, 11) is 0. The van der Waals surface area contributed by atoms with Crippen molar-refractivity contribution in [3.05, 3.63) is 83.1 Å². The number of nitrogens with one attached hydrogen (secondary N) is 1. The topological polar surface area (TPSA) is 67.4 Å². The van der Waals surface area contributed by atoms with Gasteiger partial charge in [0.2, 0.25) is 0 Å². The highest BCUT2D eigenvalue weighted by Gasteiger charge is 2.17. The maximum Gasteiger partial charge on any atom is 0.255 e. The van der Waals surface area contributed by atoms with Crippen molar-refractivity contribution >= 4 is 51.0 Å². The number of thiophene rings is 2. The van der Waals surface area contributed by atoms with Crippen molar-refractivity contribution in [1.29, 1.82) is 0 Å². The van der Waals surface area contributed by atoms with E-state index in [4.69, 9.17) is 14.7 Å². The van der Waals surface area contributed by atoms with Gasteiger partial charge >= 0.3 is 0 Å². The average molecular weight is 499 g/mol. The molecule has 1 amide bonds. The van der Waals surface area contributed by atoms with Gasteiger partial charge in [0.05, 0.1) is 34.0 Å². The van der Waals surface area contributed by atoms with Gasteiger partial charge in [0, 0.05) is 30.0 Å². The summed E-state index contributed by atoms with van der Waals surface area (Å²) >= 11 is 3.28. The van der Waals surface area contributed by atoms with E-state index in [2.05, 4.69) is 22.3 Å². The molecule has 1 aliphatic rings. The van der Waals surface area contributed by atoms with Crippen LogP contribution in [0.15, 0.2) is 77.5 Å². The largest absolute Gasteiger partial charge is 0.378 e. The average Bonchev–Trinajstić information content (AvgIpc) is 3.64. The first-order chi connectivity index (χ1) is 17.2. The van der Waals surface area contributed by atoms with Gasteiger partial charge in [-0.15, -0.1) is 22.7 Å². The zero-order chi connectivity index (χ0) is 23.6. The van der Waals surface area contributed by atoms with Crippen LogP contribution < -0.4 is 10.2 Å². The first-order valence-electron chi connectivity index (χ1n) is 11.4. The summed E-state index contributed by atoms with van der Waals surface area (Å²) in [4.78, 5) is 27.3. The molecule has 8 heteroatoms. The van der Waals surface area contributed by atoms with Crippen molar-refractivity contribution in [3.63, 3.8) is 0 Å². The third kappa shape index (κ3) is 4.55. The number of anilines is 2. The highest BCUT2D eigenvalue weighted by atomic mass is 32.1. The third-order valence-electron chi connectivity index (χ3n) is 5.94. The predicted molar refractivity (Wildman–Crippen MR) is 144 cm³/mol. The normalized spacial score (nSPS) is 13.8. The molecule has 6 rings (SSSR count). The number of carbonyl (C=O) groups excluding carboxylic acids is 1. The van der Waals surface area contributed by atoms with Crippen molar-refractivity contribution < 1.29 is 9.53 Å². The molecule has 4 heterocycles. The molecule has 0 spiro atoms. The van der Waals surface area contributed by atoms with E-state index in [1.165, 1.54) is 0 Å². The van der Waals surface area contributed by atoms with Crippen LogP contribution in [0.4, 0.5) is 11.4 Å². The van der Waals surface area contributed by atoms with Gasteiger partial charge in [-0.25, -0.2) is 9.97 Å². The van der Waals surface area contributed by atoms with Crippen LogP contribution in [0, 0.1) is 0 Å². The lowest BCUT2D eigenvalue weighted by molar-refractivity contribution is 0.102. The predicted octanol–water partition coefficient (Wildman–Crippen LogP) is 6.18. The van der Waals surface area contributed by atoms with Gasteiger partial charge in [0.15, 0.2) is 0 Å². The van der Waals surface area contributed by atoms with Crippen molar-refractivity contribution in [2.75, 3.05) is 36.5 Å². The number of aromatic nitrogens is 2. The van der Waals surface area contributed by atoms with E-state index in [1.807, 2.05) is 59.3 Å². The monoisotopic (exact) mass is 498 g/mol. The maximum absolute atomic E-state index is 13.0. The maximum atomic E-state index is 13.0. The fourth-order valence-electron chi connectivity index (χ4n) is 4.15. The minimum absolute atomic E-state index is 0.173. The van der Waals surface area contributed by atoms with Crippen LogP contribution in [0.1, 0.15) is 10.4 Å². The molecule has 1 fully saturated rings. The number of morpholine rings is 1. The molecule has 1 N–H and O–H groups in total. The molecule has 2 aromatic carbocycles. The molecule has 5 aromatic rings. The van der Waals surface area contributed by atoms with Crippen LogP contribution in [-0.4, -0.2) is 42.2 Å². The minimum atomic E-state index is -0.173. The summed E-state index contributed by atoms with van der Waals surface area (Å²) in [6.45, 7) is 3.25. The van der Waals surface area contributed by atoms with E-state index in [-0.39, 0.29) is 5.91 Å². The van der Waals surface area contributed by atoms with E-state index >= 15 is 0 Å². The number of hydrogen-bond donors (Lipinski definition) is 1. The van der Waals surface area contributed by atoms with E-state index < -0.39 is 0 Å². The lowest BCUT2D eigenvalue weighted by atomic mass is 10.1. The van der Waals surface area contributed by atoms with Gasteiger partial charge in [-0.2, -0.15) is 0 Å². The lowest BCUT2D eigenvalue weighted by Gasteiger charge is -2.28. The molecular formula is C27H22N4O2S2. The Bertz CT molecular complexity index is 1460. The van der Waals surface area contributed by atoms with E-state index in [0.29, 0.717) is 11.1 Å². The van der Waals surface area contributed by atoms with Crippen LogP contribution >= 0.6 is 22.7 Å². The number of benzene rings is 2. The summed E-state index contributed by atoms with van der Waals surface area (Å²) in [5, 5.41) is 7.08. The quantitative estimate of drug-likeness (QED) is 0.314. The summed E-state index contributed by atoms with van der Waals surface area (Å²) in [6, 6.07) is 21.6. The first kappa shape index (κ1) is 21.9. The van der Waals surface area contributed by atoms with Crippen molar-refractivity contribution in [2.24, 2.45) is 0 Å². The Morgan fingerprint density at radius 1 is 0.829 bits per heavy atom. The smallest absolute Gasteiger partial charge is 0.255 e. The minimum Gasteiger partial charge on any atom is -0.378 e. The first-order valence-corrected chi connectivity index (χ1v) is 13.1. The standard InChI is InChI=1S/C27H22N4O2S2/c32-27(28-19-6-8-20(9-7-19)31-11-13-33-14-12-31)18-5-10-21-22(17-18)30-26(24-4-2-16-35-24)25(29-21)23-3-1-15-34-23/h1-10,15-17H,11-14H2,(H,28,32). The van der Waals surface area contributed by atoms with Crippen molar-refractivity contribution in [2.45, 2.75) is 0 Å². The molecule has 1 saturated heterocycles.